The molecule has 3 amide bonds. The number of nitrogens with one attached hydrogen (secondary N) is 1. The molecule has 6 rings (SSSR count). The van der Waals surface area contributed by atoms with Crippen LogP contribution >= 0.6 is 34.7 Å². The van der Waals surface area contributed by atoms with E-state index in [1.165, 1.54) is 12.1 Å². The summed E-state index contributed by atoms with van der Waals surface area (Å²) in [5.41, 5.74) is -0.376. The molecule has 0 saturated carbocycles. The van der Waals surface area contributed by atoms with Crippen LogP contribution in [0.4, 0.5) is 24.5 Å². The van der Waals surface area contributed by atoms with Gasteiger partial charge in [0.1, 0.15) is 11.8 Å². The number of carbonyl (C=O) groups is 3. The minimum absolute atomic E-state index is 0.332. The van der Waals surface area contributed by atoms with Gasteiger partial charge in [0, 0.05) is 15.8 Å². The Morgan fingerprint density at radius 3 is 2.26 bits per heavy atom. The highest BCUT2D eigenvalue weighted by Crippen LogP contribution is 2.53. The van der Waals surface area contributed by atoms with Crippen molar-refractivity contribution in [2.75, 3.05) is 10.2 Å². The van der Waals surface area contributed by atoms with E-state index in [0.717, 1.165) is 44.7 Å². The van der Waals surface area contributed by atoms with Crippen LogP contribution in [0.1, 0.15) is 21.9 Å². The summed E-state index contributed by atoms with van der Waals surface area (Å²) in [4.78, 5) is 54.8. The van der Waals surface area contributed by atoms with Gasteiger partial charge in [-0.2, -0.15) is 13.2 Å². The van der Waals surface area contributed by atoms with Gasteiger partial charge in [0.05, 0.1) is 27.9 Å². The lowest BCUT2D eigenvalue weighted by Crippen LogP contribution is -2.33. The van der Waals surface area contributed by atoms with Crippen LogP contribution in [0, 0.1) is 5.92 Å². The quantitative estimate of drug-likeness (QED) is 0.273. The SMILES string of the molecule is O=C(Cn1c2c(sc1=O)[C@H](c1ccccc1)C1C(=O)N(c3ccc(Cl)cc3)C(=O)C1S2)Nc1ccccc1C(F)(F)F. The summed E-state index contributed by atoms with van der Waals surface area (Å²) < 4.78 is 41.5. The normalized spacial score (nSPS) is 19.9. The topological polar surface area (TPSA) is 88.5 Å². The Morgan fingerprint density at radius 2 is 1.57 bits per heavy atom. The van der Waals surface area contributed by atoms with Gasteiger partial charge in [0.15, 0.2) is 0 Å². The number of benzene rings is 3. The molecule has 214 valence electrons. The first kappa shape index (κ1) is 28.3. The van der Waals surface area contributed by atoms with Gasteiger partial charge in [0.2, 0.25) is 17.7 Å². The molecule has 7 nitrogen and oxygen atoms in total. The molecule has 3 heterocycles. The molecule has 1 saturated heterocycles. The third kappa shape index (κ3) is 4.93. The maximum absolute atomic E-state index is 13.8. The number of anilines is 2. The molecule has 2 aliphatic heterocycles. The van der Waals surface area contributed by atoms with E-state index in [0.29, 0.717) is 26.2 Å². The first-order valence-electron chi connectivity index (χ1n) is 12.6. The van der Waals surface area contributed by atoms with Crippen molar-refractivity contribution in [1.29, 1.82) is 0 Å². The number of fused-ring (bicyclic) bond motifs is 2. The monoisotopic (exact) mass is 629 g/mol. The van der Waals surface area contributed by atoms with Gasteiger partial charge in [-0.05, 0) is 42.0 Å². The molecule has 1 N–H and O–H groups in total. The minimum atomic E-state index is -4.69. The van der Waals surface area contributed by atoms with Crippen LogP contribution < -0.4 is 15.1 Å². The van der Waals surface area contributed by atoms with Crippen molar-refractivity contribution < 1.29 is 27.6 Å². The van der Waals surface area contributed by atoms with E-state index in [9.17, 15) is 32.3 Å². The van der Waals surface area contributed by atoms with Crippen LogP contribution in [0.2, 0.25) is 5.02 Å². The Bertz CT molecular complexity index is 1770. The second kappa shape index (κ2) is 10.8. The third-order valence-electron chi connectivity index (χ3n) is 7.10. The predicted octanol–water partition coefficient (Wildman–Crippen LogP) is 6.02. The van der Waals surface area contributed by atoms with Crippen molar-refractivity contribution in [1.82, 2.24) is 4.57 Å². The Hall–Kier alpha value is -3.87. The lowest BCUT2D eigenvalue weighted by Gasteiger charge is -2.30. The lowest BCUT2D eigenvalue weighted by atomic mass is 9.83. The standard InChI is InChI=1S/C29H19ClF3N3O4S2/c30-16-10-12-17(13-11-16)36-25(38)22-21(15-6-2-1-3-7-15)24-27(41-23(22)26(36)39)35(28(40)42-24)14-20(37)34-19-9-5-4-8-18(19)29(31,32)33/h1-13,21-23H,14H2,(H,34,37)/t21-,22?,23?/m1/s1. The van der Waals surface area contributed by atoms with Gasteiger partial charge in [-0.3, -0.25) is 23.7 Å². The van der Waals surface area contributed by atoms with E-state index >= 15 is 0 Å². The number of hydrogen-bond acceptors (Lipinski definition) is 6. The van der Waals surface area contributed by atoms with Crippen LogP contribution in [-0.2, 0) is 27.1 Å². The smallest absolute Gasteiger partial charge is 0.324 e. The summed E-state index contributed by atoms with van der Waals surface area (Å²) in [6.45, 7) is -0.578. The maximum Gasteiger partial charge on any atom is 0.418 e. The predicted molar refractivity (Wildman–Crippen MR) is 154 cm³/mol. The number of nitrogens with zero attached hydrogens (tertiary/aromatic N) is 2. The van der Waals surface area contributed by atoms with Crippen LogP contribution in [0.5, 0.6) is 0 Å². The number of hydrogen-bond donors (Lipinski definition) is 1. The van der Waals surface area contributed by atoms with E-state index in [2.05, 4.69) is 5.32 Å². The first-order valence-corrected chi connectivity index (χ1v) is 14.7. The highest BCUT2D eigenvalue weighted by molar-refractivity contribution is 8.00. The second-order valence-corrected chi connectivity index (χ2v) is 12.2. The molecule has 0 radical (unpaired) electrons. The van der Waals surface area contributed by atoms with Crippen molar-refractivity contribution in [3.8, 4) is 0 Å². The highest BCUT2D eigenvalue weighted by Gasteiger charge is 2.56. The van der Waals surface area contributed by atoms with Crippen molar-refractivity contribution in [2.24, 2.45) is 5.92 Å². The molecule has 13 heteroatoms. The number of carbonyl (C=O) groups excluding carboxylic acids is 3. The summed E-state index contributed by atoms with van der Waals surface area (Å²) in [6.07, 6.45) is -4.69. The molecule has 0 spiro atoms. The summed E-state index contributed by atoms with van der Waals surface area (Å²) in [7, 11) is 0. The average Bonchev–Trinajstić information content (AvgIpc) is 3.40. The summed E-state index contributed by atoms with van der Waals surface area (Å²) in [6, 6.07) is 19.8. The summed E-state index contributed by atoms with van der Waals surface area (Å²) in [5.74, 6) is -3.22. The van der Waals surface area contributed by atoms with E-state index < -0.39 is 63.7 Å². The van der Waals surface area contributed by atoms with Crippen molar-refractivity contribution in [2.45, 2.75) is 28.9 Å². The van der Waals surface area contributed by atoms with Gasteiger partial charge in [-0.1, -0.05) is 77.2 Å². The number of halogens is 4. The molecular weight excluding hydrogens is 611 g/mol. The van der Waals surface area contributed by atoms with E-state index in [1.54, 1.807) is 54.6 Å². The molecule has 0 aliphatic carbocycles. The Labute approximate surface area is 249 Å². The van der Waals surface area contributed by atoms with E-state index in [-0.39, 0.29) is 0 Å². The molecule has 42 heavy (non-hydrogen) atoms. The number of thiazole rings is 1. The molecule has 1 aromatic heterocycles. The molecule has 3 atom stereocenters. The molecule has 4 aromatic rings. The Balaban J connectivity index is 1.38. The number of alkyl halides is 3. The zero-order valence-electron chi connectivity index (χ0n) is 21.3. The van der Waals surface area contributed by atoms with Gasteiger partial charge < -0.3 is 5.32 Å². The average molecular weight is 630 g/mol. The molecule has 1 fully saturated rings. The molecular formula is C29H19ClF3N3O4S2. The third-order valence-corrected chi connectivity index (χ3v) is 9.96. The van der Waals surface area contributed by atoms with Crippen LogP contribution in [0.25, 0.3) is 0 Å². The number of amides is 3. The summed E-state index contributed by atoms with van der Waals surface area (Å²) in [5, 5.41) is 2.13. The van der Waals surface area contributed by atoms with Crippen molar-refractivity contribution in [3.63, 3.8) is 0 Å². The fourth-order valence-electron chi connectivity index (χ4n) is 5.29. The molecule has 0 bridgehead atoms. The Kier molecular flexibility index (Phi) is 7.24. The maximum atomic E-state index is 13.8. The number of rotatable bonds is 5. The number of imide groups is 1. The number of para-hydroxylation sites is 1. The largest absolute Gasteiger partial charge is 0.418 e. The fraction of sp³-hybridized carbons (Fsp3) is 0.172. The minimum Gasteiger partial charge on any atom is -0.324 e. The first-order chi connectivity index (χ1) is 20.0. The van der Waals surface area contributed by atoms with Gasteiger partial charge in [0.25, 0.3) is 0 Å². The second-order valence-electron chi connectivity index (χ2n) is 9.66. The van der Waals surface area contributed by atoms with Crippen LogP contribution in [0.15, 0.2) is 88.7 Å². The molecule has 2 unspecified atom stereocenters. The fourth-order valence-corrected chi connectivity index (χ4v) is 8.19. The van der Waals surface area contributed by atoms with E-state index in [1.807, 2.05) is 0 Å². The number of aromatic nitrogens is 1. The summed E-state index contributed by atoms with van der Waals surface area (Å²) >= 11 is 7.88. The van der Waals surface area contributed by atoms with Crippen LogP contribution in [-0.4, -0.2) is 27.5 Å². The lowest BCUT2D eigenvalue weighted by molar-refractivity contribution is -0.137. The highest BCUT2D eigenvalue weighted by atomic mass is 35.5. The Morgan fingerprint density at radius 1 is 0.905 bits per heavy atom. The zero-order chi connectivity index (χ0) is 29.8. The zero-order valence-corrected chi connectivity index (χ0v) is 23.7. The van der Waals surface area contributed by atoms with E-state index in [4.69, 9.17) is 11.6 Å². The van der Waals surface area contributed by atoms with Crippen molar-refractivity contribution >= 4 is 63.8 Å². The van der Waals surface area contributed by atoms with Gasteiger partial charge in [-0.15, -0.1) is 0 Å². The molecule has 2 aliphatic rings. The van der Waals surface area contributed by atoms with Gasteiger partial charge >= 0.3 is 11.0 Å². The van der Waals surface area contributed by atoms with Crippen LogP contribution in [0.3, 0.4) is 0 Å². The van der Waals surface area contributed by atoms with Crippen molar-refractivity contribution in [3.05, 3.63) is 110 Å². The van der Waals surface area contributed by atoms with Gasteiger partial charge in [-0.25, -0.2) is 4.90 Å². The molecule has 3 aromatic carbocycles. The number of thioether (sulfide) groups is 1.